The van der Waals surface area contributed by atoms with Gasteiger partial charge in [0, 0.05) is 74.2 Å². The fraction of sp³-hybridized carbons (Fsp3) is 0.833. The van der Waals surface area contributed by atoms with E-state index in [0.29, 0.717) is 5.92 Å². The van der Waals surface area contributed by atoms with Gasteiger partial charge in [-0.1, -0.05) is 26.7 Å². The van der Waals surface area contributed by atoms with Crippen LogP contribution in [-0.4, -0.2) is 0 Å². The molecule has 4 radical (unpaired) electrons. The van der Waals surface area contributed by atoms with Gasteiger partial charge in [-0.3, -0.25) is 0 Å². The molecule has 0 aliphatic carbocycles. The fourth-order valence-corrected chi connectivity index (χ4v) is 0. The van der Waals surface area contributed by atoms with Gasteiger partial charge < -0.3 is 6.92 Å². The molecule has 0 saturated heterocycles. The van der Waals surface area contributed by atoms with E-state index in [2.05, 4.69) is 27.7 Å². The van der Waals surface area contributed by atoms with Crippen molar-refractivity contribution in [2.24, 2.45) is 11.8 Å². The Labute approximate surface area is 113 Å². The van der Waals surface area contributed by atoms with E-state index in [0.717, 1.165) is 5.92 Å². The standard InChI is InChI=1S/C6H13.4V/c1-5(2)6(3)4;;;;/h5-6H,1H2,2-4H3;;;;/q-1;;;;. The van der Waals surface area contributed by atoms with E-state index >= 15 is 0 Å². The zero-order valence-corrected chi connectivity index (χ0v) is 12.2. The van der Waals surface area contributed by atoms with Crippen molar-refractivity contribution >= 4 is 0 Å². The van der Waals surface area contributed by atoms with Gasteiger partial charge in [0.15, 0.2) is 0 Å². The molecule has 0 aromatic heterocycles. The topological polar surface area (TPSA) is 0 Å². The van der Waals surface area contributed by atoms with Crippen LogP contribution in [0, 0.1) is 18.8 Å². The summed E-state index contributed by atoms with van der Waals surface area (Å²) in [4.78, 5) is 0. The predicted molar refractivity (Wildman–Crippen MR) is 29.4 cm³/mol. The van der Waals surface area contributed by atoms with Crippen LogP contribution in [0.2, 0.25) is 0 Å². The van der Waals surface area contributed by atoms with Crippen molar-refractivity contribution in [2.75, 3.05) is 0 Å². The fourth-order valence-electron chi connectivity index (χ4n) is 0. The Morgan fingerprint density at radius 2 is 0.900 bits per heavy atom. The Balaban J connectivity index is -0.0000000208. The van der Waals surface area contributed by atoms with Crippen LogP contribution in [-0.2, 0) is 74.2 Å². The van der Waals surface area contributed by atoms with Crippen molar-refractivity contribution in [1.82, 2.24) is 0 Å². The van der Waals surface area contributed by atoms with Crippen molar-refractivity contribution in [2.45, 2.75) is 20.8 Å². The van der Waals surface area contributed by atoms with E-state index in [4.69, 9.17) is 0 Å². The van der Waals surface area contributed by atoms with Crippen molar-refractivity contribution in [1.29, 1.82) is 0 Å². The predicted octanol–water partition coefficient (Wildman–Crippen LogP) is 2.10. The Morgan fingerprint density at radius 3 is 0.900 bits per heavy atom. The second kappa shape index (κ2) is 17.4. The molecule has 1 unspecified atom stereocenters. The average Bonchev–Trinajstić information content (AvgIpc) is 1.36. The number of hydrogen-bond donors (Lipinski definition) is 0. The Morgan fingerprint density at radius 1 is 0.800 bits per heavy atom. The van der Waals surface area contributed by atoms with Crippen molar-refractivity contribution in [3.8, 4) is 0 Å². The zero-order chi connectivity index (χ0) is 5.15. The molecule has 0 aliphatic rings. The molecule has 0 aliphatic heterocycles. The maximum absolute atomic E-state index is 3.84. The summed E-state index contributed by atoms with van der Waals surface area (Å²) in [6, 6.07) is 0. The van der Waals surface area contributed by atoms with Gasteiger partial charge in [-0.25, -0.2) is 0 Å². The molecule has 10 heavy (non-hydrogen) atoms. The molecule has 0 saturated carbocycles. The number of hydrogen-bond acceptors (Lipinski definition) is 0. The molecule has 0 rings (SSSR count). The first kappa shape index (κ1) is 29.5. The Kier molecular flexibility index (Phi) is 51.3. The monoisotopic (exact) mass is 289 g/mol. The van der Waals surface area contributed by atoms with Crippen LogP contribution < -0.4 is 0 Å². The van der Waals surface area contributed by atoms with Crippen molar-refractivity contribution in [3.05, 3.63) is 6.92 Å². The van der Waals surface area contributed by atoms with Gasteiger partial charge in [0.2, 0.25) is 0 Å². The molecule has 1 atom stereocenters. The van der Waals surface area contributed by atoms with Crippen LogP contribution >= 0.6 is 0 Å². The minimum Gasteiger partial charge on any atom is -0.340 e. The third-order valence-corrected chi connectivity index (χ3v) is 1.14. The van der Waals surface area contributed by atoms with Gasteiger partial charge in [0.05, 0.1) is 0 Å². The molecule has 4 heteroatoms. The summed E-state index contributed by atoms with van der Waals surface area (Å²) < 4.78 is 0. The summed E-state index contributed by atoms with van der Waals surface area (Å²) in [5.74, 6) is 1.34. The summed E-state index contributed by atoms with van der Waals surface area (Å²) in [6.45, 7) is 10.3. The molecule has 0 heterocycles. The molecule has 58 valence electrons. The van der Waals surface area contributed by atoms with E-state index in [9.17, 15) is 0 Å². The van der Waals surface area contributed by atoms with Gasteiger partial charge in [-0.2, -0.15) is 5.92 Å². The van der Waals surface area contributed by atoms with Gasteiger partial charge in [-0.05, 0) is 0 Å². The summed E-state index contributed by atoms with van der Waals surface area (Å²) in [7, 11) is 0. The Hall–Kier alpha value is 2.34. The molecule has 0 bridgehead atoms. The van der Waals surface area contributed by atoms with Gasteiger partial charge in [0.1, 0.15) is 0 Å². The largest absolute Gasteiger partial charge is 0.340 e. The zero-order valence-electron chi connectivity index (χ0n) is 6.65. The summed E-state index contributed by atoms with van der Waals surface area (Å²) in [6.07, 6.45) is 0. The van der Waals surface area contributed by atoms with E-state index in [-0.39, 0.29) is 74.2 Å². The van der Waals surface area contributed by atoms with Gasteiger partial charge in [-0.15, -0.1) is 0 Å². The minimum absolute atomic E-state index is 0. The van der Waals surface area contributed by atoms with Crippen LogP contribution in [0.4, 0.5) is 0 Å². The molecule has 0 aromatic carbocycles. The van der Waals surface area contributed by atoms with Crippen LogP contribution in [0.5, 0.6) is 0 Å². The molecule has 0 nitrogen and oxygen atoms in total. The third-order valence-electron chi connectivity index (χ3n) is 1.14. The van der Waals surface area contributed by atoms with Gasteiger partial charge in [0.25, 0.3) is 0 Å². The van der Waals surface area contributed by atoms with Crippen LogP contribution in [0.15, 0.2) is 0 Å². The smallest absolute Gasteiger partial charge is 0 e. The van der Waals surface area contributed by atoms with E-state index < -0.39 is 0 Å². The van der Waals surface area contributed by atoms with Crippen LogP contribution in [0.3, 0.4) is 0 Å². The minimum atomic E-state index is 0. The molecule has 0 aromatic rings. The van der Waals surface area contributed by atoms with E-state index in [1.807, 2.05) is 0 Å². The summed E-state index contributed by atoms with van der Waals surface area (Å²) in [5.41, 5.74) is 0. The molecule has 0 N–H and O–H groups in total. The second-order valence-corrected chi connectivity index (χ2v) is 2.22. The quantitative estimate of drug-likeness (QED) is 0.649. The first-order valence-corrected chi connectivity index (χ1v) is 2.47. The van der Waals surface area contributed by atoms with Crippen LogP contribution in [0.1, 0.15) is 20.8 Å². The maximum atomic E-state index is 3.84. The second-order valence-electron chi connectivity index (χ2n) is 2.22. The molecule has 0 fully saturated rings. The number of rotatable bonds is 1. The van der Waals surface area contributed by atoms with E-state index in [1.165, 1.54) is 0 Å². The normalized spacial score (nSPS) is 9.30. The molecular formula is C6H13V4-. The summed E-state index contributed by atoms with van der Waals surface area (Å²) in [5, 5.41) is 0. The molecule has 0 amide bonds. The summed E-state index contributed by atoms with van der Waals surface area (Å²) >= 11 is 0. The third kappa shape index (κ3) is 22.4. The van der Waals surface area contributed by atoms with E-state index in [1.54, 1.807) is 0 Å². The van der Waals surface area contributed by atoms with Crippen LogP contribution in [0.25, 0.3) is 0 Å². The molecular weight excluding hydrogens is 276 g/mol. The van der Waals surface area contributed by atoms with Gasteiger partial charge >= 0.3 is 0 Å². The SMILES string of the molecule is [CH2-]C(C)C(C)C.[V].[V].[V].[V]. The maximum Gasteiger partial charge on any atom is 0 e. The Bertz CT molecular complexity index is 30.7. The first-order valence-electron chi connectivity index (χ1n) is 2.47. The van der Waals surface area contributed by atoms with Crippen molar-refractivity contribution in [3.63, 3.8) is 0 Å². The van der Waals surface area contributed by atoms with Crippen molar-refractivity contribution < 1.29 is 74.2 Å². The molecule has 0 spiro atoms. The average molecular weight is 289 g/mol. The first-order chi connectivity index (χ1) is 2.64.